The Bertz CT molecular complexity index is 1320. The molecule has 1 unspecified atom stereocenters. The second-order valence-electron chi connectivity index (χ2n) is 7.07. The zero-order valence-electron chi connectivity index (χ0n) is 16.6. The number of benzene rings is 2. The van der Waals surface area contributed by atoms with Crippen LogP contribution in [0.25, 0.3) is 11.0 Å². The molecule has 0 aliphatic rings. The first-order chi connectivity index (χ1) is 14.5. The highest BCUT2D eigenvalue weighted by molar-refractivity contribution is 7.10. The molecule has 0 aliphatic heterocycles. The third-order valence-electron chi connectivity index (χ3n) is 5.07. The third kappa shape index (κ3) is 3.71. The van der Waals surface area contributed by atoms with E-state index in [1.54, 1.807) is 36.5 Å². The Kier molecular flexibility index (Phi) is 5.37. The maximum atomic E-state index is 13.1. The molecule has 1 amide bonds. The number of aromatic amines is 1. The quantitative estimate of drug-likeness (QED) is 0.485. The second kappa shape index (κ2) is 8.12. The molecule has 0 fully saturated rings. The molecule has 0 saturated carbocycles. The van der Waals surface area contributed by atoms with Crippen LogP contribution in [0.1, 0.15) is 39.3 Å². The van der Waals surface area contributed by atoms with Crippen LogP contribution in [-0.2, 0) is 6.54 Å². The van der Waals surface area contributed by atoms with Crippen molar-refractivity contribution in [2.45, 2.75) is 26.4 Å². The van der Waals surface area contributed by atoms with Gasteiger partial charge in [0.05, 0.1) is 17.1 Å². The minimum Gasteiger partial charge on any atom is -0.340 e. The largest absolute Gasteiger partial charge is 0.340 e. The molecule has 4 aromatic rings. The summed E-state index contributed by atoms with van der Waals surface area (Å²) in [7, 11) is 0. The smallest absolute Gasteiger partial charge is 0.316 e. The fourth-order valence-corrected chi connectivity index (χ4v) is 4.28. The molecule has 0 saturated heterocycles. The third-order valence-corrected chi connectivity index (χ3v) is 6.00. The Balaban J connectivity index is 1.71. The van der Waals surface area contributed by atoms with E-state index in [9.17, 15) is 14.4 Å². The van der Waals surface area contributed by atoms with Crippen molar-refractivity contribution in [1.29, 1.82) is 0 Å². The van der Waals surface area contributed by atoms with Gasteiger partial charge in [-0.2, -0.15) is 0 Å². The van der Waals surface area contributed by atoms with Gasteiger partial charge in [0.15, 0.2) is 0 Å². The van der Waals surface area contributed by atoms with Crippen molar-refractivity contribution in [3.63, 3.8) is 0 Å². The highest BCUT2D eigenvalue weighted by Crippen LogP contribution is 2.27. The van der Waals surface area contributed by atoms with Crippen LogP contribution in [-0.4, -0.2) is 15.5 Å². The van der Waals surface area contributed by atoms with Crippen molar-refractivity contribution in [3.8, 4) is 0 Å². The maximum absolute atomic E-state index is 13.1. The molecule has 2 aromatic heterocycles. The van der Waals surface area contributed by atoms with Crippen LogP contribution in [0.5, 0.6) is 0 Å². The van der Waals surface area contributed by atoms with Crippen LogP contribution in [0.4, 0.5) is 0 Å². The molecule has 2 aromatic carbocycles. The number of H-pyrrole nitrogens is 1. The lowest BCUT2D eigenvalue weighted by atomic mass is 10.0. The van der Waals surface area contributed by atoms with Gasteiger partial charge in [0.25, 0.3) is 5.91 Å². The van der Waals surface area contributed by atoms with Crippen molar-refractivity contribution >= 4 is 28.3 Å². The standard InChI is InChI=1S/C23H21N3O3S/c1-3-26-18-11-10-16(13-17(18)24-22(28)23(26)29)21(27)25-20(19-5-4-12-30-19)15-8-6-14(2)7-9-15/h4-13,20H,3H2,1-2H3,(H,24,28)(H,25,27). The molecule has 0 aliphatic carbocycles. The van der Waals surface area contributed by atoms with Crippen LogP contribution in [0.15, 0.2) is 69.6 Å². The summed E-state index contributed by atoms with van der Waals surface area (Å²) in [6.07, 6.45) is 0. The highest BCUT2D eigenvalue weighted by Gasteiger charge is 2.19. The molecule has 0 spiro atoms. The van der Waals surface area contributed by atoms with E-state index in [1.807, 2.05) is 48.7 Å². The number of rotatable bonds is 5. The summed E-state index contributed by atoms with van der Waals surface area (Å²) in [6.45, 7) is 4.20. The van der Waals surface area contributed by atoms with Crippen LogP contribution in [0, 0.1) is 6.92 Å². The molecule has 152 valence electrons. The minimum absolute atomic E-state index is 0.258. The van der Waals surface area contributed by atoms with Gasteiger partial charge in [-0.05, 0) is 49.1 Å². The number of nitrogens with zero attached hydrogens (tertiary/aromatic N) is 1. The van der Waals surface area contributed by atoms with Crippen molar-refractivity contribution in [2.24, 2.45) is 0 Å². The maximum Gasteiger partial charge on any atom is 0.316 e. The second-order valence-corrected chi connectivity index (χ2v) is 8.05. The number of amides is 1. The van der Waals surface area contributed by atoms with E-state index in [1.165, 1.54) is 4.57 Å². The Morgan fingerprint density at radius 1 is 1.13 bits per heavy atom. The van der Waals surface area contributed by atoms with E-state index in [-0.39, 0.29) is 11.9 Å². The van der Waals surface area contributed by atoms with Gasteiger partial charge in [-0.1, -0.05) is 35.9 Å². The number of aryl methyl sites for hydroxylation is 2. The molecular formula is C23H21N3O3S. The summed E-state index contributed by atoms with van der Waals surface area (Å²) >= 11 is 1.58. The summed E-state index contributed by atoms with van der Waals surface area (Å²) in [5.74, 6) is -0.258. The van der Waals surface area contributed by atoms with Gasteiger partial charge in [0, 0.05) is 17.0 Å². The molecule has 30 heavy (non-hydrogen) atoms. The number of thiophene rings is 1. The van der Waals surface area contributed by atoms with Crippen LogP contribution in [0.3, 0.4) is 0 Å². The van der Waals surface area contributed by atoms with Crippen molar-refractivity contribution in [3.05, 3.63) is 102 Å². The van der Waals surface area contributed by atoms with Gasteiger partial charge in [-0.15, -0.1) is 11.3 Å². The lowest BCUT2D eigenvalue weighted by molar-refractivity contribution is 0.0943. The fraction of sp³-hybridized carbons (Fsp3) is 0.174. The molecular weight excluding hydrogens is 398 g/mol. The van der Waals surface area contributed by atoms with Gasteiger partial charge in [0.1, 0.15) is 0 Å². The number of hydrogen-bond acceptors (Lipinski definition) is 4. The molecule has 6 nitrogen and oxygen atoms in total. The van der Waals surface area contributed by atoms with E-state index in [2.05, 4.69) is 10.3 Å². The number of hydrogen-bond donors (Lipinski definition) is 2. The Morgan fingerprint density at radius 3 is 2.57 bits per heavy atom. The van der Waals surface area contributed by atoms with Crippen LogP contribution >= 0.6 is 11.3 Å². The lowest BCUT2D eigenvalue weighted by Gasteiger charge is -2.19. The van der Waals surface area contributed by atoms with Gasteiger partial charge < -0.3 is 14.9 Å². The van der Waals surface area contributed by atoms with E-state index in [0.29, 0.717) is 23.1 Å². The first-order valence-corrected chi connectivity index (χ1v) is 10.5. The number of aromatic nitrogens is 2. The molecule has 0 radical (unpaired) electrons. The van der Waals surface area contributed by atoms with E-state index >= 15 is 0 Å². The normalized spacial score (nSPS) is 12.1. The molecule has 4 rings (SSSR count). The zero-order valence-corrected chi connectivity index (χ0v) is 17.5. The Labute approximate surface area is 176 Å². The predicted octanol–water partition coefficient (Wildman–Crippen LogP) is 3.60. The minimum atomic E-state index is -0.696. The first-order valence-electron chi connectivity index (χ1n) is 9.65. The number of fused-ring (bicyclic) bond motifs is 1. The van der Waals surface area contributed by atoms with E-state index < -0.39 is 11.1 Å². The molecule has 2 heterocycles. The Morgan fingerprint density at radius 2 is 1.90 bits per heavy atom. The van der Waals surface area contributed by atoms with Gasteiger partial charge in [0.2, 0.25) is 0 Å². The summed E-state index contributed by atoms with van der Waals surface area (Å²) < 4.78 is 1.40. The molecule has 1 atom stereocenters. The van der Waals surface area contributed by atoms with Crippen LogP contribution < -0.4 is 16.4 Å². The lowest BCUT2D eigenvalue weighted by Crippen LogP contribution is -2.36. The van der Waals surface area contributed by atoms with E-state index in [4.69, 9.17) is 0 Å². The van der Waals surface area contributed by atoms with Gasteiger partial charge in [-0.3, -0.25) is 14.4 Å². The van der Waals surface area contributed by atoms with Gasteiger partial charge >= 0.3 is 11.1 Å². The average Bonchev–Trinajstić information content (AvgIpc) is 3.28. The summed E-state index contributed by atoms with van der Waals surface area (Å²) in [5.41, 5.74) is 2.30. The number of nitrogens with one attached hydrogen (secondary N) is 2. The predicted molar refractivity (Wildman–Crippen MR) is 119 cm³/mol. The fourth-order valence-electron chi connectivity index (χ4n) is 3.48. The van der Waals surface area contributed by atoms with Gasteiger partial charge in [-0.25, -0.2) is 0 Å². The molecule has 7 heteroatoms. The monoisotopic (exact) mass is 419 g/mol. The summed E-state index contributed by atoms with van der Waals surface area (Å²) in [4.78, 5) is 40.7. The summed E-state index contributed by atoms with van der Waals surface area (Å²) in [5, 5.41) is 5.08. The van der Waals surface area contributed by atoms with Crippen LogP contribution in [0.2, 0.25) is 0 Å². The zero-order chi connectivity index (χ0) is 21.3. The topological polar surface area (TPSA) is 84.0 Å². The average molecular weight is 420 g/mol. The number of carbonyl (C=O) groups excluding carboxylic acids is 1. The first kappa shape index (κ1) is 19.8. The SMILES string of the molecule is CCn1c(=O)c(=O)[nH]c2cc(C(=O)NC(c3ccc(C)cc3)c3cccs3)ccc21. The molecule has 0 bridgehead atoms. The van der Waals surface area contributed by atoms with Crippen molar-refractivity contribution < 1.29 is 4.79 Å². The number of carbonyl (C=O) groups is 1. The van der Waals surface area contributed by atoms with E-state index in [0.717, 1.165) is 16.0 Å². The summed E-state index contributed by atoms with van der Waals surface area (Å²) in [6, 6.07) is 16.7. The Hall–Kier alpha value is -3.45. The van der Waals surface area contributed by atoms with Crippen molar-refractivity contribution in [1.82, 2.24) is 14.9 Å². The molecule has 2 N–H and O–H groups in total. The van der Waals surface area contributed by atoms with Crippen molar-refractivity contribution in [2.75, 3.05) is 0 Å². The highest BCUT2D eigenvalue weighted by atomic mass is 32.1.